The van der Waals surface area contributed by atoms with Gasteiger partial charge in [-0.3, -0.25) is 4.68 Å². The maximum absolute atomic E-state index is 8.81. The molecule has 96 valence electrons. The van der Waals surface area contributed by atoms with Crippen molar-refractivity contribution in [1.82, 2.24) is 14.8 Å². The lowest BCUT2D eigenvalue weighted by molar-refractivity contribution is 0.708. The monoisotopic (exact) mass is 253 g/mol. The maximum Gasteiger partial charge on any atom is 0.129 e. The van der Waals surface area contributed by atoms with Crippen LogP contribution in [0.2, 0.25) is 0 Å². The molecule has 5 heteroatoms. The molecule has 0 aliphatic carbocycles. The smallest absolute Gasteiger partial charge is 0.129 e. The molecule has 1 aliphatic rings. The van der Waals surface area contributed by atoms with Crippen molar-refractivity contribution in [3.8, 4) is 6.07 Å². The van der Waals surface area contributed by atoms with Crippen LogP contribution in [0, 0.1) is 11.3 Å². The zero-order valence-corrected chi connectivity index (χ0v) is 10.8. The highest BCUT2D eigenvalue weighted by molar-refractivity contribution is 5.45. The van der Waals surface area contributed by atoms with E-state index in [1.54, 1.807) is 6.20 Å². The third kappa shape index (κ3) is 2.17. The van der Waals surface area contributed by atoms with E-state index in [1.165, 1.54) is 5.56 Å². The van der Waals surface area contributed by atoms with Crippen molar-refractivity contribution in [2.24, 2.45) is 7.05 Å². The molecule has 2 aromatic heterocycles. The van der Waals surface area contributed by atoms with Gasteiger partial charge in [0.05, 0.1) is 17.8 Å². The van der Waals surface area contributed by atoms with Gasteiger partial charge in [0.1, 0.15) is 11.9 Å². The Morgan fingerprint density at radius 1 is 1.37 bits per heavy atom. The van der Waals surface area contributed by atoms with E-state index in [9.17, 15) is 0 Å². The Morgan fingerprint density at radius 2 is 2.26 bits per heavy atom. The van der Waals surface area contributed by atoms with Crippen molar-refractivity contribution < 1.29 is 0 Å². The van der Waals surface area contributed by atoms with Gasteiger partial charge in [0.2, 0.25) is 0 Å². The Bertz CT molecular complexity index is 608. The van der Waals surface area contributed by atoms with Crippen LogP contribution < -0.4 is 4.90 Å². The van der Waals surface area contributed by atoms with Crippen LogP contribution in [0.4, 0.5) is 5.82 Å². The van der Waals surface area contributed by atoms with E-state index in [1.807, 2.05) is 30.1 Å². The number of nitriles is 1. The van der Waals surface area contributed by atoms with E-state index in [-0.39, 0.29) is 0 Å². The number of hydrogen-bond donors (Lipinski definition) is 0. The van der Waals surface area contributed by atoms with E-state index >= 15 is 0 Å². The minimum atomic E-state index is 0.342. The summed E-state index contributed by atoms with van der Waals surface area (Å²) in [5.74, 6) is 0.936. The summed E-state index contributed by atoms with van der Waals surface area (Å²) in [6.07, 6.45) is 7.89. The van der Waals surface area contributed by atoms with Crippen LogP contribution in [0.15, 0.2) is 30.7 Å². The Morgan fingerprint density at radius 3 is 2.89 bits per heavy atom. The first-order valence-corrected chi connectivity index (χ1v) is 6.39. The highest BCUT2D eigenvalue weighted by Crippen LogP contribution is 2.34. The predicted octanol–water partition coefficient (Wildman–Crippen LogP) is 2.03. The van der Waals surface area contributed by atoms with Gasteiger partial charge in [0, 0.05) is 31.5 Å². The second-order valence-electron chi connectivity index (χ2n) is 4.82. The normalized spacial score (nSPS) is 18.5. The van der Waals surface area contributed by atoms with Crippen LogP contribution in [0.3, 0.4) is 0 Å². The summed E-state index contributed by atoms with van der Waals surface area (Å²) in [4.78, 5) is 6.68. The molecule has 1 fully saturated rings. The quantitative estimate of drug-likeness (QED) is 0.821. The van der Waals surface area contributed by atoms with Gasteiger partial charge in [-0.25, -0.2) is 4.98 Å². The van der Waals surface area contributed by atoms with Crippen LogP contribution >= 0.6 is 0 Å². The summed E-state index contributed by atoms with van der Waals surface area (Å²) in [5, 5.41) is 13.1. The standard InChI is InChI=1S/C14H15N5/c1-18-10-12(9-17-18)13-3-2-6-19(13)14-5-4-11(7-15)8-16-14/h4-5,8-10,13H,2-3,6H2,1H3/t13-/m1/s1. The molecule has 3 heterocycles. The third-order valence-corrected chi connectivity index (χ3v) is 3.53. The van der Waals surface area contributed by atoms with Gasteiger partial charge in [-0.1, -0.05) is 0 Å². The maximum atomic E-state index is 8.81. The first kappa shape index (κ1) is 11.7. The zero-order chi connectivity index (χ0) is 13.2. The minimum Gasteiger partial charge on any atom is -0.349 e. The van der Waals surface area contributed by atoms with Crippen LogP contribution in [0.5, 0.6) is 0 Å². The van der Waals surface area contributed by atoms with Crippen molar-refractivity contribution in [2.75, 3.05) is 11.4 Å². The molecule has 1 saturated heterocycles. The number of hydrogen-bond acceptors (Lipinski definition) is 4. The highest BCUT2D eigenvalue weighted by Gasteiger charge is 2.27. The van der Waals surface area contributed by atoms with Crippen LogP contribution in [-0.4, -0.2) is 21.3 Å². The van der Waals surface area contributed by atoms with Gasteiger partial charge in [-0.15, -0.1) is 0 Å². The summed E-state index contributed by atoms with van der Waals surface area (Å²) >= 11 is 0. The van der Waals surface area contributed by atoms with Gasteiger partial charge in [-0.2, -0.15) is 10.4 Å². The molecule has 0 amide bonds. The van der Waals surface area contributed by atoms with Gasteiger partial charge < -0.3 is 4.90 Å². The number of nitrogens with zero attached hydrogens (tertiary/aromatic N) is 5. The topological polar surface area (TPSA) is 57.7 Å². The molecular formula is C14H15N5. The van der Waals surface area contributed by atoms with Gasteiger partial charge >= 0.3 is 0 Å². The fourth-order valence-electron chi connectivity index (χ4n) is 2.62. The van der Waals surface area contributed by atoms with Crippen LogP contribution in [-0.2, 0) is 7.05 Å². The first-order chi connectivity index (χ1) is 9.28. The fraction of sp³-hybridized carbons (Fsp3) is 0.357. The van der Waals surface area contributed by atoms with E-state index in [4.69, 9.17) is 5.26 Å². The number of anilines is 1. The zero-order valence-electron chi connectivity index (χ0n) is 10.8. The molecule has 3 rings (SSSR count). The molecule has 1 atom stereocenters. The van der Waals surface area contributed by atoms with Gasteiger partial charge in [0.25, 0.3) is 0 Å². The lowest BCUT2D eigenvalue weighted by Gasteiger charge is -2.24. The third-order valence-electron chi connectivity index (χ3n) is 3.53. The van der Waals surface area contributed by atoms with Crippen LogP contribution in [0.25, 0.3) is 0 Å². The van der Waals surface area contributed by atoms with Gasteiger partial charge in [-0.05, 0) is 25.0 Å². The predicted molar refractivity (Wildman–Crippen MR) is 71.5 cm³/mol. The largest absolute Gasteiger partial charge is 0.349 e. The molecule has 2 aromatic rings. The fourth-order valence-corrected chi connectivity index (χ4v) is 2.62. The second kappa shape index (κ2) is 4.73. The second-order valence-corrected chi connectivity index (χ2v) is 4.82. The molecule has 19 heavy (non-hydrogen) atoms. The van der Waals surface area contributed by atoms with Crippen molar-refractivity contribution in [3.63, 3.8) is 0 Å². The van der Waals surface area contributed by atoms with Gasteiger partial charge in [0.15, 0.2) is 0 Å². The average molecular weight is 253 g/mol. The average Bonchev–Trinajstić information content (AvgIpc) is 3.07. The molecule has 0 unspecified atom stereocenters. The minimum absolute atomic E-state index is 0.342. The summed E-state index contributed by atoms with van der Waals surface area (Å²) < 4.78 is 1.83. The lowest BCUT2D eigenvalue weighted by atomic mass is 10.1. The number of rotatable bonds is 2. The van der Waals surface area contributed by atoms with E-state index < -0.39 is 0 Å². The Labute approximate surface area is 112 Å². The molecule has 1 aliphatic heterocycles. The van der Waals surface area contributed by atoms with E-state index in [0.29, 0.717) is 11.6 Å². The molecule has 0 aromatic carbocycles. The summed E-state index contributed by atoms with van der Waals surface area (Å²) in [6, 6.07) is 6.18. The molecule has 0 saturated carbocycles. The molecule has 0 bridgehead atoms. The molecule has 0 radical (unpaired) electrons. The summed E-state index contributed by atoms with van der Waals surface area (Å²) in [6.45, 7) is 0.998. The Balaban J connectivity index is 1.88. The molecule has 5 nitrogen and oxygen atoms in total. The lowest BCUT2D eigenvalue weighted by Crippen LogP contribution is -2.23. The molecule has 0 N–H and O–H groups in total. The summed E-state index contributed by atoms with van der Waals surface area (Å²) in [7, 11) is 1.93. The van der Waals surface area contributed by atoms with Crippen molar-refractivity contribution in [1.29, 1.82) is 5.26 Å². The van der Waals surface area contributed by atoms with Crippen molar-refractivity contribution in [3.05, 3.63) is 41.9 Å². The first-order valence-electron chi connectivity index (χ1n) is 6.39. The van der Waals surface area contributed by atoms with E-state index in [2.05, 4.69) is 27.2 Å². The van der Waals surface area contributed by atoms with E-state index in [0.717, 1.165) is 25.2 Å². The summed E-state index contributed by atoms with van der Waals surface area (Å²) in [5.41, 5.74) is 1.83. The molecular weight excluding hydrogens is 238 g/mol. The highest BCUT2D eigenvalue weighted by atomic mass is 15.3. The number of aromatic nitrogens is 3. The Kier molecular flexibility index (Phi) is 2.92. The Hall–Kier alpha value is -2.35. The molecule has 0 spiro atoms. The number of pyridine rings is 1. The SMILES string of the molecule is Cn1cc([C@H]2CCCN2c2ccc(C#N)cn2)cn1. The van der Waals surface area contributed by atoms with Crippen LogP contribution in [0.1, 0.15) is 30.0 Å². The number of aryl methyl sites for hydroxylation is 1. The van der Waals surface area contributed by atoms with Crippen molar-refractivity contribution in [2.45, 2.75) is 18.9 Å². The van der Waals surface area contributed by atoms with Crippen molar-refractivity contribution >= 4 is 5.82 Å².